The van der Waals surface area contributed by atoms with E-state index in [2.05, 4.69) is 5.32 Å². The number of thioether (sulfide) groups is 1. The molecule has 2 rings (SSSR count). The molecule has 3 nitrogen and oxygen atoms in total. The third-order valence-electron chi connectivity index (χ3n) is 2.54. The van der Waals surface area contributed by atoms with Gasteiger partial charge in [0, 0.05) is 17.1 Å². The van der Waals surface area contributed by atoms with E-state index >= 15 is 0 Å². The Morgan fingerprint density at radius 3 is 2.89 bits per heavy atom. The lowest BCUT2D eigenvalue weighted by Crippen LogP contribution is -2.11. The van der Waals surface area contributed by atoms with Crippen LogP contribution in [0.15, 0.2) is 40.6 Å². The van der Waals surface area contributed by atoms with Crippen molar-refractivity contribution >= 4 is 34.6 Å². The molecule has 0 aliphatic heterocycles. The Morgan fingerprint density at radius 1 is 1.44 bits per heavy atom. The van der Waals surface area contributed by atoms with Crippen molar-refractivity contribution < 1.29 is 0 Å². The van der Waals surface area contributed by atoms with Crippen molar-refractivity contribution in [3.63, 3.8) is 0 Å². The van der Waals surface area contributed by atoms with Gasteiger partial charge in [-0.3, -0.25) is 5.41 Å². The maximum atomic E-state index is 7.97. The lowest BCUT2D eigenvalue weighted by molar-refractivity contribution is 1.03. The summed E-state index contributed by atoms with van der Waals surface area (Å²) >= 11 is 3.24. The van der Waals surface area contributed by atoms with Crippen LogP contribution in [0, 0.1) is 5.41 Å². The summed E-state index contributed by atoms with van der Waals surface area (Å²) < 4.78 is 0. The van der Waals surface area contributed by atoms with Gasteiger partial charge in [0.2, 0.25) is 0 Å². The zero-order valence-corrected chi connectivity index (χ0v) is 11.7. The van der Waals surface area contributed by atoms with Crippen LogP contribution in [0.5, 0.6) is 0 Å². The van der Waals surface area contributed by atoms with E-state index in [1.165, 1.54) is 4.90 Å². The number of nitrogens with two attached hydrogens (primary N) is 1. The van der Waals surface area contributed by atoms with Gasteiger partial charge < -0.3 is 11.1 Å². The molecule has 0 atom stereocenters. The van der Waals surface area contributed by atoms with Crippen molar-refractivity contribution in [1.82, 2.24) is 0 Å². The van der Waals surface area contributed by atoms with Gasteiger partial charge in [0.05, 0.1) is 4.88 Å². The van der Waals surface area contributed by atoms with Crippen LogP contribution < -0.4 is 11.1 Å². The minimum absolute atomic E-state index is 0.421. The van der Waals surface area contributed by atoms with E-state index in [0.29, 0.717) is 12.4 Å². The predicted molar refractivity (Wildman–Crippen MR) is 80.9 cm³/mol. The van der Waals surface area contributed by atoms with Gasteiger partial charge in [-0.2, -0.15) is 0 Å². The van der Waals surface area contributed by atoms with Crippen molar-refractivity contribution in [3.8, 4) is 0 Å². The van der Waals surface area contributed by atoms with Gasteiger partial charge in [0.25, 0.3) is 0 Å². The van der Waals surface area contributed by atoms with E-state index in [0.717, 1.165) is 16.1 Å². The number of rotatable bonds is 4. The van der Waals surface area contributed by atoms with Crippen LogP contribution in [0.3, 0.4) is 0 Å². The topological polar surface area (TPSA) is 61.9 Å². The number of nitrogens with one attached hydrogen (secondary N) is 2. The molecule has 0 spiro atoms. The molecule has 2 aromatic rings. The Morgan fingerprint density at radius 2 is 2.28 bits per heavy atom. The number of hydrogen-bond acceptors (Lipinski definition) is 4. The van der Waals surface area contributed by atoms with E-state index in [1.54, 1.807) is 23.1 Å². The van der Waals surface area contributed by atoms with E-state index in [4.69, 9.17) is 11.1 Å². The van der Waals surface area contributed by atoms with E-state index in [-0.39, 0.29) is 0 Å². The zero-order valence-electron chi connectivity index (χ0n) is 10.1. The molecule has 1 aromatic heterocycles. The summed E-state index contributed by atoms with van der Waals surface area (Å²) in [6, 6.07) is 9.90. The Bertz CT molecular complexity index is 535. The van der Waals surface area contributed by atoms with Crippen LogP contribution in [0.1, 0.15) is 10.4 Å². The molecule has 0 aliphatic carbocycles. The predicted octanol–water partition coefficient (Wildman–Crippen LogP) is 3.37. The summed E-state index contributed by atoms with van der Waals surface area (Å²) in [5.74, 6) is 0.421. The highest BCUT2D eigenvalue weighted by atomic mass is 32.2. The average molecular weight is 277 g/mol. The fourth-order valence-corrected chi connectivity index (χ4v) is 2.88. The third kappa shape index (κ3) is 2.93. The minimum Gasteiger partial charge on any atom is -0.340 e. The Kier molecular flexibility index (Phi) is 4.41. The van der Waals surface area contributed by atoms with Crippen LogP contribution in [-0.2, 0) is 6.54 Å². The van der Waals surface area contributed by atoms with Gasteiger partial charge in [-0.15, -0.1) is 23.1 Å². The summed E-state index contributed by atoms with van der Waals surface area (Å²) in [5, 5.41) is 13.0. The van der Waals surface area contributed by atoms with E-state index in [9.17, 15) is 0 Å². The molecule has 0 bridgehead atoms. The zero-order chi connectivity index (χ0) is 13.0. The maximum Gasteiger partial charge on any atom is 0.140 e. The monoisotopic (exact) mass is 277 g/mol. The van der Waals surface area contributed by atoms with Crippen molar-refractivity contribution in [2.75, 3.05) is 11.6 Å². The first-order valence-electron chi connectivity index (χ1n) is 5.51. The fraction of sp³-hybridized carbons (Fsp3) is 0.154. The summed E-state index contributed by atoms with van der Waals surface area (Å²) in [6.07, 6.45) is 2.04. The highest BCUT2D eigenvalue weighted by Crippen LogP contribution is 2.24. The average Bonchev–Trinajstić information content (AvgIpc) is 2.92. The molecule has 94 valence electrons. The summed E-state index contributed by atoms with van der Waals surface area (Å²) in [5.41, 5.74) is 7.74. The standard InChI is InChI=1S/C13H15N3S2/c1-17-11-5-4-10(7-9(11)8-14)16-13(15)12-3-2-6-18-12/h2-7H,8,14H2,1H3,(H2,15,16). The first-order valence-corrected chi connectivity index (χ1v) is 7.61. The lowest BCUT2D eigenvalue weighted by atomic mass is 10.2. The van der Waals surface area contributed by atoms with Gasteiger partial charge in [0.15, 0.2) is 0 Å². The molecular weight excluding hydrogens is 262 g/mol. The Hall–Kier alpha value is -1.30. The van der Waals surface area contributed by atoms with Crippen LogP contribution >= 0.6 is 23.1 Å². The Labute approximate surface area is 115 Å². The highest BCUT2D eigenvalue weighted by Gasteiger charge is 2.05. The molecule has 1 aromatic carbocycles. The number of amidine groups is 1. The SMILES string of the molecule is CSc1ccc(NC(=N)c2cccs2)cc1CN. The first kappa shape index (κ1) is 13.1. The summed E-state index contributed by atoms with van der Waals surface area (Å²) in [7, 11) is 0. The van der Waals surface area contributed by atoms with Gasteiger partial charge in [-0.1, -0.05) is 6.07 Å². The van der Waals surface area contributed by atoms with Crippen molar-refractivity contribution in [3.05, 3.63) is 46.2 Å². The highest BCUT2D eigenvalue weighted by molar-refractivity contribution is 7.98. The number of benzene rings is 1. The fourth-order valence-electron chi connectivity index (χ4n) is 1.64. The molecule has 5 heteroatoms. The second-order valence-electron chi connectivity index (χ2n) is 3.71. The second kappa shape index (κ2) is 6.04. The van der Waals surface area contributed by atoms with Crippen LogP contribution in [0.2, 0.25) is 0 Å². The lowest BCUT2D eigenvalue weighted by Gasteiger charge is -2.10. The molecule has 0 saturated carbocycles. The largest absolute Gasteiger partial charge is 0.340 e. The quantitative estimate of drug-likeness (QED) is 0.456. The van der Waals surface area contributed by atoms with Crippen LogP contribution in [-0.4, -0.2) is 12.1 Å². The molecular formula is C13H15N3S2. The molecule has 0 fully saturated rings. The second-order valence-corrected chi connectivity index (χ2v) is 5.50. The normalized spacial score (nSPS) is 10.3. The van der Waals surface area contributed by atoms with Crippen molar-refractivity contribution in [1.29, 1.82) is 5.41 Å². The number of thiophene rings is 1. The van der Waals surface area contributed by atoms with E-state index in [1.807, 2.05) is 42.0 Å². The van der Waals surface area contributed by atoms with Gasteiger partial charge in [-0.05, 0) is 41.5 Å². The summed E-state index contributed by atoms with van der Waals surface area (Å²) in [6.45, 7) is 0.512. The molecule has 0 radical (unpaired) electrons. The molecule has 4 N–H and O–H groups in total. The minimum atomic E-state index is 0.421. The Balaban J connectivity index is 2.17. The van der Waals surface area contributed by atoms with Crippen LogP contribution in [0.25, 0.3) is 0 Å². The number of hydrogen-bond donors (Lipinski definition) is 3. The van der Waals surface area contributed by atoms with Crippen molar-refractivity contribution in [2.45, 2.75) is 11.4 Å². The van der Waals surface area contributed by atoms with Crippen molar-refractivity contribution in [2.24, 2.45) is 5.73 Å². The molecule has 0 unspecified atom stereocenters. The van der Waals surface area contributed by atoms with Crippen LogP contribution in [0.4, 0.5) is 5.69 Å². The third-order valence-corrected chi connectivity index (χ3v) is 4.26. The molecule has 18 heavy (non-hydrogen) atoms. The van der Waals surface area contributed by atoms with E-state index < -0.39 is 0 Å². The maximum absolute atomic E-state index is 7.97. The first-order chi connectivity index (χ1) is 8.74. The smallest absolute Gasteiger partial charge is 0.140 e. The molecule has 0 amide bonds. The van der Waals surface area contributed by atoms with Gasteiger partial charge >= 0.3 is 0 Å². The molecule has 0 aliphatic rings. The molecule has 1 heterocycles. The van der Waals surface area contributed by atoms with Gasteiger partial charge in [0.1, 0.15) is 5.84 Å². The number of anilines is 1. The van der Waals surface area contributed by atoms with Gasteiger partial charge in [-0.25, -0.2) is 0 Å². The summed E-state index contributed by atoms with van der Waals surface area (Å²) in [4.78, 5) is 2.11. The molecule has 0 saturated heterocycles.